The Morgan fingerprint density at radius 1 is 1.37 bits per heavy atom. The lowest BCUT2D eigenvalue weighted by Gasteiger charge is -2.17. The van der Waals surface area contributed by atoms with E-state index in [0.29, 0.717) is 26.4 Å². The molecule has 0 aromatic carbocycles. The summed E-state index contributed by atoms with van der Waals surface area (Å²) in [6.45, 7) is 7.60. The first-order chi connectivity index (χ1) is 9.06. The molecule has 0 aliphatic heterocycles. The molecular formula is C13H24N2O4. The van der Waals surface area contributed by atoms with Crippen molar-refractivity contribution in [2.45, 2.75) is 32.9 Å². The molecule has 0 spiro atoms. The Morgan fingerprint density at radius 3 is 2.68 bits per heavy atom. The van der Waals surface area contributed by atoms with Crippen molar-refractivity contribution in [3.63, 3.8) is 0 Å². The summed E-state index contributed by atoms with van der Waals surface area (Å²) >= 11 is 0. The molecule has 1 rings (SSSR count). The number of ether oxygens (including phenoxy) is 2. The van der Waals surface area contributed by atoms with Gasteiger partial charge in [-0.1, -0.05) is 5.16 Å². The molecule has 2 N–H and O–H groups in total. The fraction of sp³-hybridized carbons (Fsp3) is 0.769. The molecule has 0 aliphatic rings. The lowest BCUT2D eigenvalue weighted by atomic mass is 10.1. The van der Waals surface area contributed by atoms with Crippen LogP contribution < -0.4 is 5.32 Å². The zero-order chi connectivity index (χ0) is 14.3. The lowest BCUT2D eigenvalue weighted by molar-refractivity contribution is 0.0130. The minimum absolute atomic E-state index is 0.0832. The Hall–Kier alpha value is -0.950. The van der Waals surface area contributed by atoms with E-state index in [4.69, 9.17) is 14.0 Å². The Bertz CT molecular complexity index is 348. The number of methoxy groups -OCH3 is 1. The molecule has 0 bridgehead atoms. The van der Waals surface area contributed by atoms with Gasteiger partial charge in [-0.05, 0) is 20.8 Å². The number of aliphatic hydroxyl groups is 1. The quantitative estimate of drug-likeness (QED) is 0.652. The molecule has 2 unspecified atom stereocenters. The number of nitrogens with zero attached hydrogens (tertiary/aromatic N) is 1. The third kappa shape index (κ3) is 5.28. The van der Waals surface area contributed by atoms with E-state index in [0.717, 1.165) is 17.0 Å². The standard InChI is InChI=1S/C13H24N2O4/c1-9(13-10(2)15-19-11(13)3)14-7-12(16)8-18-6-5-17-4/h9,12,14,16H,5-8H2,1-4H3. The van der Waals surface area contributed by atoms with E-state index < -0.39 is 6.10 Å². The summed E-state index contributed by atoms with van der Waals surface area (Å²) < 4.78 is 15.2. The number of hydrogen-bond donors (Lipinski definition) is 2. The number of nitrogens with one attached hydrogen (secondary N) is 1. The largest absolute Gasteiger partial charge is 0.389 e. The van der Waals surface area contributed by atoms with Gasteiger partial charge in [0.15, 0.2) is 0 Å². The second-order valence-corrected chi connectivity index (χ2v) is 4.59. The van der Waals surface area contributed by atoms with Crippen LogP contribution in [0.3, 0.4) is 0 Å². The van der Waals surface area contributed by atoms with Crippen molar-refractivity contribution in [2.24, 2.45) is 0 Å². The first-order valence-electron chi connectivity index (χ1n) is 6.47. The Morgan fingerprint density at radius 2 is 2.11 bits per heavy atom. The molecule has 0 radical (unpaired) electrons. The van der Waals surface area contributed by atoms with Gasteiger partial charge in [0.25, 0.3) is 0 Å². The molecule has 19 heavy (non-hydrogen) atoms. The molecule has 6 heteroatoms. The number of hydrogen-bond acceptors (Lipinski definition) is 6. The second-order valence-electron chi connectivity index (χ2n) is 4.59. The number of aryl methyl sites for hydroxylation is 2. The summed E-state index contributed by atoms with van der Waals surface area (Å²) in [4.78, 5) is 0. The summed E-state index contributed by atoms with van der Waals surface area (Å²) in [7, 11) is 1.62. The van der Waals surface area contributed by atoms with Crippen LogP contribution in [0.5, 0.6) is 0 Å². The molecule has 0 aliphatic carbocycles. The monoisotopic (exact) mass is 272 g/mol. The van der Waals surface area contributed by atoms with Gasteiger partial charge < -0.3 is 24.4 Å². The van der Waals surface area contributed by atoms with Crippen LogP contribution >= 0.6 is 0 Å². The normalized spacial score (nSPS) is 14.6. The summed E-state index contributed by atoms with van der Waals surface area (Å²) in [5.74, 6) is 0.809. The average molecular weight is 272 g/mol. The second kappa shape index (κ2) is 8.27. The molecule has 1 aromatic rings. The SMILES string of the molecule is COCCOCC(O)CNC(C)c1c(C)noc1C. The van der Waals surface area contributed by atoms with Gasteiger partial charge >= 0.3 is 0 Å². The Labute approximate surface area is 114 Å². The van der Waals surface area contributed by atoms with E-state index in [1.807, 2.05) is 20.8 Å². The van der Waals surface area contributed by atoms with Crippen LogP contribution in [0.15, 0.2) is 4.52 Å². The number of rotatable bonds is 9. The van der Waals surface area contributed by atoms with Gasteiger partial charge in [-0.15, -0.1) is 0 Å². The summed E-state index contributed by atoms with van der Waals surface area (Å²) in [6, 6.07) is 0.0832. The minimum atomic E-state index is -0.542. The molecule has 6 nitrogen and oxygen atoms in total. The zero-order valence-electron chi connectivity index (χ0n) is 12.1. The molecule has 1 heterocycles. The van der Waals surface area contributed by atoms with Crippen LogP contribution in [0.1, 0.15) is 30.0 Å². The Kier molecular flexibility index (Phi) is 7.01. The van der Waals surface area contributed by atoms with E-state index in [9.17, 15) is 5.11 Å². The van der Waals surface area contributed by atoms with Gasteiger partial charge in [0.1, 0.15) is 5.76 Å². The third-order valence-electron chi connectivity index (χ3n) is 2.92. The molecular weight excluding hydrogens is 248 g/mol. The van der Waals surface area contributed by atoms with Crippen molar-refractivity contribution in [3.8, 4) is 0 Å². The molecule has 0 amide bonds. The fourth-order valence-electron chi connectivity index (χ4n) is 1.94. The number of aliphatic hydroxyl groups excluding tert-OH is 1. The molecule has 0 saturated carbocycles. The summed E-state index contributed by atoms with van der Waals surface area (Å²) in [5.41, 5.74) is 1.93. The molecule has 1 aromatic heterocycles. The van der Waals surface area contributed by atoms with E-state index >= 15 is 0 Å². The highest BCUT2D eigenvalue weighted by Crippen LogP contribution is 2.20. The van der Waals surface area contributed by atoms with E-state index in [1.165, 1.54) is 0 Å². The predicted molar refractivity (Wildman–Crippen MR) is 71.1 cm³/mol. The maximum Gasteiger partial charge on any atom is 0.138 e. The van der Waals surface area contributed by atoms with Crippen molar-refractivity contribution in [1.82, 2.24) is 10.5 Å². The highest BCUT2D eigenvalue weighted by atomic mass is 16.5. The van der Waals surface area contributed by atoms with Crippen LogP contribution in [0.2, 0.25) is 0 Å². The first kappa shape index (κ1) is 16.1. The van der Waals surface area contributed by atoms with Crippen molar-refractivity contribution in [2.75, 3.05) is 33.5 Å². The van der Waals surface area contributed by atoms with Gasteiger partial charge in [-0.2, -0.15) is 0 Å². The highest BCUT2D eigenvalue weighted by Gasteiger charge is 2.16. The maximum absolute atomic E-state index is 9.77. The van der Waals surface area contributed by atoms with Gasteiger partial charge in [0.05, 0.1) is 31.6 Å². The van der Waals surface area contributed by atoms with Gasteiger partial charge in [0, 0.05) is 25.3 Å². The van der Waals surface area contributed by atoms with Gasteiger partial charge in [-0.25, -0.2) is 0 Å². The van der Waals surface area contributed by atoms with Crippen molar-refractivity contribution in [3.05, 3.63) is 17.0 Å². The van der Waals surface area contributed by atoms with E-state index in [1.54, 1.807) is 7.11 Å². The highest BCUT2D eigenvalue weighted by molar-refractivity contribution is 5.24. The van der Waals surface area contributed by atoms with Crippen molar-refractivity contribution in [1.29, 1.82) is 0 Å². The summed E-state index contributed by atoms with van der Waals surface area (Å²) in [6.07, 6.45) is -0.542. The average Bonchev–Trinajstić information content (AvgIpc) is 2.71. The predicted octanol–water partition coefficient (Wildman–Crippen LogP) is 0.966. The van der Waals surface area contributed by atoms with Gasteiger partial charge in [0.2, 0.25) is 0 Å². The maximum atomic E-state index is 9.77. The topological polar surface area (TPSA) is 76.8 Å². The van der Waals surface area contributed by atoms with Crippen LogP contribution in [0, 0.1) is 13.8 Å². The molecule has 2 atom stereocenters. The van der Waals surface area contributed by atoms with Crippen LogP contribution in [-0.2, 0) is 9.47 Å². The van der Waals surface area contributed by atoms with E-state index in [2.05, 4.69) is 10.5 Å². The zero-order valence-corrected chi connectivity index (χ0v) is 12.1. The molecule has 0 saturated heterocycles. The van der Waals surface area contributed by atoms with Gasteiger partial charge in [-0.3, -0.25) is 0 Å². The van der Waals surface area contributed by atoms with Crippen LogP contribution in [0.4, 0.5) is 0 Å². The molecule has 110 valence electrons. The Balaban J connectivity index is 2.28. The third-order valence-corrected chi connectivity index (χ3v) is 2.92. The smallest absolute Gasteiger partial charge is 0.138 e. The number of aromatic nitrogens is 1. The van der Waals surface area contributed by atoms with Crippen molar-refractivity contribution < 1.29 is 19.1 Å². The fourth-order valence-corrected chi connectivity index (χ4v) is 1.94. The van der Waals surface area contributed by atoms with Crippen LogP contribution in [0.25, 0.3) is 0 Å². The lowest BCUT2D eigenvalue weighted by Crippen LogP contribution is -2.32. The van der Waals surface area contributed by atoms with Crippen LogP contribution in [-0.4, -0.2) is 49.8 Å². The molecule has 0 fully saturated rings. The first-order valence-corrected chi connectivity index (χ1v) is 6.47. The summed E-state index contributed by atoms with van der Waals surface area (Å²) in [5, 5.41) is 16.9. The van der Waals surface area contributed by atoms with Crippen molar-refractivity contribution >= 4 is 0 Å². The minimum Gasteiger partial charge on any atom is -0.389 e. The van der Waals surface area contributed by atoms with E-state index in [-0.39, 0.29) is 6.04 Å².